The lowest BCUT2D eigenvalue weighted by molar-refractivity contribution is 0.102. The molecule has 8 nitrogen and oxygen atoms in total. The van der Waals surface area contributed by atoms with Crippen LogP contribution in [-0.2, 0) is 0 Å². The number of benzene rings is 1. The molecule has 4 N–H and O–H groups in total. The van der Waals surface area contributed by atoms with E-state index in [2.05, 4.69) is 30.5 Å². The largest absolute Gasteiger partial charge is 0.399 e. The van der Waals surface area contributed by atoms with Crippen molar-refractivity contribution in [1.29, 1.82) is 0 Å². The highest BCUT2D eigenvalue weighted by Crippen LogP contribution is 2.20. The Balaban J connectivity index is 1.85. The summed E-state index contributed by atoms with van der Waals surface area (Å²) in [5, 5.41) is 6.01. The number of aromatic nitrogens is 3. The van der Waals surface area contributed by atoms with Gasteiger partial charge in [0.25, 0.3) is 5.91 Å². The summed E-state index contributed by atoms with van der Waals surface area (Å²) in [7, 11) is 3.98. The summed E-state index contributed by atoms with van der Waals surface area (Å²) in [6.07, 6.45) is 1.70. The molecular formula is C20H23N7O. The molecule has 0 atom stereocenters. The average Bonchev–Trinajstić information content (AvgIpc) is 2.68. The van der Waals surface area contributed by atoms with Crippen molar-refractivity contribution in [2.24, 2.45) is 0 Å². The molecule has 2 heterocycles. The highest BCUT2D eigenvalue weighted by Gasteiger charge is 2.11. The molecule has 8 heteroatoms. The highest BCUT2D eigenvalue weighted by molar-refractivity contribution is 6.04. The van der Waals surface area contributed by atoms with Crippen molar-refractivity contribution in [2.45, 2.75) is 0 Å². The topological polar surface area (TPSA) is 109 Å². The fourth-order valence-electron chi connectivity index (χ4n) is 2.45. The fourth-order valence-corrected chi connectivity index (χ4v) is 2.45. The van der Waals surface area contributed by atoms with Crippen molar-refractivity contribution < 1.29 is 4.79 Å². The smallest absolute Gasteiger partial charge is 0.256 e. The van der Waals surface area contributed by atoms with E-state index >= 15 is 0 Å². The van der Waals surface area contributed by atoms with Gasteiger partial charge in [-0.15, -0.1) is 0 Å². The molecule has 0 saturated carbocycles. The van der Waals surface area contributed by atoms with Crippen molar-refractivity contribution in [3.8, 4) is 11.4 Å². The number of hydrogen-bond donors (Lipinski definition) is 3. The van der Waals surface area contributed by atoms with Gasteiger partial charge < -0.3 is 21.3 Å². The SMILES string of the molecule is CN(C)CCNc1nc(NC(=O)c2ccc(N)cc2)cc(-c2ccccn2)n1. The van der Waals surface area contributed by atoms with Crippen LogP contribution in [0.25, 0.3) is 11.4 Å². The zero-order chi connectivity index (χ0) is 19.9. The molecule has 144 valence electrons. The van der Waals surface area contributed by atoms with Gasteiger partial charge in [0.2, 0.25) is 5.95 Å². The third-order valence-electron chi connectivity index (χ3n) is 3.91. The number of nitrogen functional groups attached to an aromatic ring is 1. The van der Waals surface area contributed by atoms with Crippen LogP contribution in [0.1, 0.15) is 10.4 Å². The first-order valence-corrected chi connectivity index (χ1v) is 8.87. The maximum Gasteiger partial charge on any atom is 0.256 e. The van der Waals surface area contributed by atoms with Gasteiger partial charge in [-0.2, -0.15) is 4.98 Å². The highest BCUT2D eigenvalue weighted by atomic mass is 16.1. The van der Waals surface area contributed by atoms with E-state index in [1.54, 1.807) is 36.5 Å². The first-order valence-electron chi connectivity index (χ1n) is 8.87. The predicted molar refractivity (Wildman–Crippen MR) is 111 cm³/mol. The minimum absolute atomic E-state index is 0.273. The van der Waals surface area contributed by atoms with Crippen LogP contribution in [-0.4, -0.2) is 52.9 Å². The van der Waals surface area contributed by atoms with Gasteiger partial charge in [-0.05, 0) is 50.5 Å². The van der Waals surface area contributed by atoms with Gasteiger partial charge in [0.1, 0.15) is 5.82 Å². The molecule has 28 heavy (non-hydrogen) atoms. The van der Waals surface area contributed by atoms with E-state index in [1.165, 1.54) is 0 Å². The summed E-state index contributed by atoms with van der Waals surface area (Å²) in [5.41, 5.74) is 8.09. The van der Waals surface area contributed by atoms with Crippen LogP contribution >= 0.6 is 0 Å². The first-order chi connectivity index (χ1) is 13.5. The maximum absolute atomic E-state index is 12.5. The van der Waals surface area contributed by atoms with E-state index in [-0.39, 0.29) is 5.91 Å². The minimum atomic E-state index is -0.273. The number of nitrogens with two attached hydrogens (primary N) is 1. The number of carbonyl (C=O) groups is 1. The van der Waals surface area contributed by atoms with Gasteiger partial charge in [0.05, 0.1) is 11.4 Å². The van der Waals surface area contributed by atoms with Crippen LogP contribution < -0.4 is 16.4 Å². The van der Waals surface area contributed by atoms with Crippen LogP contribution in [0.5, 0.6) is 0 Å². The van der Waals surface area contributed by atoms with E-state index in [9.17, 15) is 4.79 Å². The zero-order valence-electron chi connectivity index (χ0n) is 15.9. The molecular weight excluding hydrogens is 354 g/mol. The third-order valence-corrected chi connectivity index (χ3v) is 3.91. The standard InChI is InChI=1S/C20H23N7O/c1-27(2)12-11-23-20-24-17(16-5-3-4-10-22-16)13-18(26-20)25-19(28)14-6-8-15(21)9-7-14/h3-10,13H,11-12,21H2,1-2H3,(H2,23,24,25,26,28). The Hall–Kier alpha value is -3.52. The Labute approximate surface area is 163 Å². The number of likely N-dealkylation sites (N-methyl/N-ethyl adjacent to an activating group) is 1. The second kappa shape index (κ2) is 8.92. The maximum atomic E-state index is 12.5. The summed E-state index contributed by atoms with van der Waals surface area (Å²) in [6, 6.07) is 14.0. The van der Waals surface area contributed by atoms with Crippen LogP contribution in [0.15, 0.2) is 54.7 Å². The molecule has 0 spiro atoms. The normalized spacial score (nSPS) is 10.7. The molecule has 0 unspecified atom stereocenters. The molecule has 0 bridgehead atoms. The summed E-state index contributed by atoms with van der Waals surface area (Å²) in [5.74, 6) is 0.548. The van der Waals surface area contributed by atoms with Crippen molar-refractivity contribution >= 4 is 23.4 Å². The van der Waals surface area contributed by atoms with Crippen LogP contribution in [0.2, 0.25) is 0 Å². The molecule has 1 aromatic carbocycles. The molecule has 0 saturated heterocycles. The van der Waals surface area contributed by atoms with Crippen LogP contribution in [0.3, 0.4) is 0 Å². The fraction of sp³-hybridized carbons (Fsp3) is 0.200. The minimum Gasteiger partial charge on any atom is -0.399 e. The Morgan fingerprint density at radius 1 is 1.07 bits per heavy atom. The zero-order valence-corrected chi connectivity index (χ0v) is 15.9. The Morgan fingerprint density at radius 2 is 1.86 bits per heavy atom. The van der Waals surface area contributed by atoms with Crippen LogP contribution in [0.4, 0.5) is 17.5 Å². The van der Waals surface area contributed by atoms with Gasteiger partial charge in [0, 0.05) is 36.6 Å². The second-order valence-electron chi connectivity index (χ2n) is 6.48. The lowest BCUT2D eigenvalue weighted by Crippen LogP contribution is -2.22. The summed E-state index contributed by atoms with van der Waals surface area (Å²) < 4.78 is 0. The van der Waals surface area contributed by atoms with Gasteiger partial charge in [-0.3, -0.25) is 9.78 Å². The molecule has 0 fully saturated rings. The van der Waals surface area contributed by atoms with E-state index in [0.29, 0.717) is 40.9 Å². The van der Waals surface area contributed by atoms with E-state index < -0.39 is 0 Å². The molecule has 0 radical (unpaired) electrons. The third kappa shape index (κ3) is 5.24. The van der Waals surface area contributed by atoms with Crippen molar-refractivity contribution in [3.05, 3.63) is 60.3 Å². The Bertz CT molecular complexity index is 927. The summed E-state index contributed by atoms with van der Waals surface area (Å²) >= 11 is 0. The second-order valence-corrected chi connectivity index (χ2v) is 6.48. The monoisotopic (exact) mass is 377 g/mol. The number of nitrogens with zero attached hydrogens (tertiary/aromatic N) is 4. The molecule has 3 rings (SSSR count). The first kappa shape index (κ1) is 19.2. The molecule has 0 aliphatic heterocycles. The number of pyridine rings is 1. The number of nitrogens with one attached hydrogen (secondary N) is 2. The van der Waals surface area contributed by atoms with E-state index in [0.717, 1.165) is 6.54 Å². The number of rotatable bonds is 7. The Kier molecular flexibility index (Phi) is 6.13. The summed E-state index contributed by atoms with van der Waals surface area (Å²) in [4.78, 5) is 27.9. The number of amides is 1. The number of anilines is 3. The number of hydrogen-bond acceptors (Lipinski definition) is 7. The lowest BCUT2D eigenvalue weighted by atomic mass is 10.2. The van der Waals surface area contributed by atoms with Crippen molar-refractivity contribution in [3.63, 3.8) is 0 Å². The van der Waals surface area contributed by atoms with Crippen molar-refractivity contribution in [2.75, 3.05) is 43.6 Å². The number of carbonyl (C=O) groups excluding carboxylic acids is 1. The predicted octanol–water partition coefficient (Wildman–Crippen LogP) is 2.35. The molecule has 0 aliphatic carbocycles. The average molecular weight is 377 g/mol. The molecule has 2 aromatic heterocycles. The van der Waals surface area contributed by atoms with E-state index in [1.807, 2.05) is 32.3 Å². The van der Waals surface area contributed by atoms with Crippen molar-refractivity contribution in [1.82, 2.24) is 19.9 Å². The molecule has 1 amide bonds. The van der Waals surface area contributed by atoms with Gasteiger partial charge in [-0.1, -0.05) is 6.07 Å². The molecule has 0 aliphatic rings. The van der Waals surface area contributed by atoms with Gasteiger partial charge >= 0.3 is 0 Å². The molecule has 3 aromatic rings. The lowest BCUT2D eigenvalue weighted by Gasteiger charge is -2.13. The summed E-state index contributed by atoms with van der Waals surface area (Å²) in [6.45, 7) is 1.49. The van der Waals surface area contributed by atoms with Gasteiger partial charge in [-0.25, -0.2) is 4.98 Å². The van der Waals surface area contributed by atoms with Crippen LogP contribution in [0, 0.1) is 0 Å². The Morgan fingerprint density at radius 3 is 2.54 bits per heavy atom. The quantitative estimate of drug-likeness (QED) is 0.542. The van der Waals surface area contributed by atoms with Gasteiger partial charge in [0.15, 0.2) is 0 Å². The van der Waals surface area contributed by atoms with E-state index in [4.69, 9.17) is 5.73 Å².